The third kappa shape index (κ3) is 2.75. The predicted molar refractivity (Wildman–Crippen MR) is 66.4 cm³/mol. The van der Waals surface area contributed by atoms with Crippen molar-refractivity contribution in [2.45, 2.75) is 12.6 Å². The van der Waals surface area contributed by atoms with Gasteiger partial charge < -0.3 is 15.1 Å². The van der Waals surface area contributed by atoms with Gasteiger partial charge in [-0.05, 0) is 23.6 Å². The van der Waals surface area contributed by atoms with E-state index >= 15 is 0 Å². The van der Waals surface area contributed by atoms with Gasteiger partial charge in [0.1, 0.15) is 11.8 Å². The quantitative estimate of drug-likeness (QED) is 0.902. The van der Waals surface area contributed by atoms with Gasteiger partial charge in [0, 0.05) is 11.9 Å². The summed E-state index contributed by atoms with van der Waals surface area (Å²) < 4.78 is 5.19. The molecule has 1 amide bonds. The van der Waals surface area contributed by atoms with Crippen LogP contribution in [-0.2, 0) is 11.3 Å². The standard InChI is InChI=1S/C12H14N2O2S/c1-14(8-9-4-2-6-16-9)12(15)11(13)10-5-3-7-17-10/h2-7,11H,8,13H2,1H3. The molecule has 0 aromatic carbocycles. The monoisotopic (exact) mass is 250 g/mol. The number of nitrogens with two attached hydrogens (primary N) is 1. The van der Waals surface area contributed by atoms with Gasteiger partial charge in [0.15, 0.2) is 0 Å². The van der Waals surface area contributed by atoms with Crippen LogP contribution in [0.25, 0.3) is 0 Å². The van der Waals surface area contributed by atoms with Crippen LogP contribution in [0.2, 0.25) is 0 Å². The van der Waals surface area contributed by atoms with Crippen molar-refractivity contribution >= 4 is 17.2 Å². The molecular weight excluding hydrogens is 236 g/mol. The molecule has 0 bridgehead atoms. The Kier molecular flexibility index (Phi) is 3.61. The molecule has 2 aromatic heterocycles. The minimum absolute atomic E-state index is 0.108. The second-order valence-corrected chi connectivity index (χ2v) is 4.75. The third-order valence-electron chi connectivity index (χ3n) is 2.47. The molecule has 0 aliphatic heterocycles. The van der Waals surface area contributed by atoms with Gasteiger partial charge in [0.2, 0.25) is 5.91 Å². The summed E-state index contributed by atoms with van der Waals surface area (Å²) in [6.45, 7) is 0.435. The Balaban J connectivity index is 2.00. The van der Waals surface area contributed by atoms with E-state index in [-0.39, 0.29) is 5.91 Å². The zero-order valence-corrected chi connectivity index (χ0v) is 10.3. The van der Waals surface area contributed by atoms with Crippen LogP contribution in [0, 0.1) is 0 Å². The van der Waals surface area contributed by atoms with Crippen molar-refractivity contribution in [3.05, 3.63) is 46.5 Å². The maximum Gasteiger partial charge on any atom is 0.245 e. The molecule has 0 radical (unpaired) electrons. The van der Waals surface area contributed by atoms with Gasteiger partial charge in [-0.2, -0.15) is 0 Å². The Morgan fingerprint density at radius 1 is 1.53 bits per heavy atom. The lowest BCUT2D eigenvalue weighted by molar-refractivity contribution is -0.132. The van der Waals surface area contributed by atoms with Crippen LogP contribution >= 0.6 is 11.3 Å². The largest absolute Gasteiger partial charge is 0.467 e. The fourth-order valence-electron chi connectivity index (χ4n) is 1.54. The molecule has 2 heterocycles. The number of rotatable bonds is 4. The SMILES string of the molecule is CN(Cc1ccco1)C(=O)C(N)c1cccs1. The molecule has 2 rings (SSSR count). The van der Waals surface area contributed by atoms with Gasteiger partial charge in [-0.3, -0.25) is 4.79 Å². The van der Waals surface area contributed by atoms with Crippen LogP contribution in [0.4, 0.5) is 0 Å². The average Bonchev–Trinajstić information content (AvgIpc) is 2.99. The fraction of sp³-hybridized carbons (Fsp3) is 0.250. The van der Waals surface area contributed by atoms with Crippen molar-refractivity contribution in [3.63, 3.8) is 0 Å². The van der Waals surface area contributed by atoms with Crippen LogP contribution in [0.1, 0.15) is 16.7 Å². The van der Waals surface area contributed by atoms with E-state index < -0.39 is 6.04 Å². The third-order valence-corrected chi connectivity index (χ3v) is 3.42. The van der Waals surface area contributed by atoms with Crippen LogP contribution in [0.5, 0.6) is 0 Å². The lowest BCUT2D eigenvalue weighted by Crippen LogP contribution is -2.34. The lowest BCUT2D eigenvalue weighted by Gasteiger charge is -2.19. The Hall–Kier alpha value is -1.59. The van der Waals surface area contributed by atoms with Crippen molar-refractivity contribution in [2.24, 2.45) is 5.73 Å². The number of likely N-dealkylation sites (N-methyl/N-ethyl adjacent to an activating group) is 1. The number of carbonyl (C=O) groups excluding carboxylic acids is 1. The molecule has 1 unspecified atom stereocenters. The van der Waals surface area contributed by atoms with Gasteiger partial charge >= 0.3 is 0 Å². The van der Waals surface area contributed by atoms with E-state index in [1.807, 2.05) is 23.6 Å². The molecule has 0 saturated heterocycles. The maximum absolute atomic E-state index is 12.0. The molecular formula is C12H14N2O2S. The second kappa shape index (κ2) is 5.16. The van der Waals surface area contributed by atoms with E-state index in [0.29, 0.717) is 6.54 Å². The highest BCUT2D eigenvalue weighted by Crippen LogP contribution is 2.19. The first-order chi connectivity index (χ1) is 8.18. The van der Waals surface area contributed by atoms with E-state index in [1.165, 1.54) is 11.3 Å². The van der Waals surface area contributed by atoms with Crippen LogP contribution in [0.15, 0.2) is 40.3 Å². The van der Waals surface area contributed by atoms with E-state index in [4.69, 9.17) is 10.2 Å². The molecule has 0 fully saturated rings. The zero-order valence-electron chi connectivity index (χ0n) is 9.50. The van der Waals surface area contributed by atoms with Crippen molar-refractivity contribution in [2.75, 3.05) is 7.05 Å². The first-order valence-corrected chi connectivity index (χ1v) is 6.13. The van der Waals surface area contributed by atoms with Gasteiger partial charge in [-0.15, -0.1) is 11.3 Å². The summed E-state index contributed by atoms with van der Waals surface area (Å²) in [6.07, 6.45) is 1.59. The highest BCUT2D eigenvalue weighted by atomic mass is 32.1. The van der Waals surface area contributed by atoms with Crippen molar-refractivity contribution in [1.82, 2.24) is 4.90 Å². The first kappa shape index (κ1) is 11.9. The second-order valence-electron chi connectivity index (χ2n) is 3.77. The molecule has 5 heteroatoms. The summed E-state index contributed by atoms with van der Waals surface area (Å²) >= 11 is 1.49. The normalized spacial score (nSPS) is 12.4. The lowest BCUT2D eigenvalue weighted by atomic mass is 10.2. The molecule has 0 saturated carbocycles. The van der Waals surface area contributed by atoms with E-state index in [1.54, 1.807) is 24.3 Å². The first-order valence-electron chi connectivity index (χ1n) is 5.25. The number of hydrogen-bond donors (Lipinski definition) is 1. The van der Waals surface area contributed by atoms with Gasteiger partial charge in [-0.25, -0.2) is 0 Å². The van der Waals surface area contributed by atoms with Crippen molar-refractivity contribution in [3.8, 4) is 0 Å². The molecule has 17 heavy (non-hydrogen) atoms. The number of nitrogens with zero attached hydrogens (tertiary/aromatic N) is 1. The van der Waals surface area contributed by atoms with Crippen molar-refractivity contribution < 1.29 is 9.21 Å². The Bertz CT molecular complexity index is 465. The topological polar surface area (TPSA) is 59.5 Å². The van der Waals surface area contributed by atoms with Crippen LogP contribution < -0.4 is 5.73 Å². The number of furan rings is 1. The summed E-state index contributed by atoms with van der Waals surface area (Å²) in [5, 5.41) is 1.91. The minimum atomic E-state index is -0.588. The number of carbonyl (C=O) groups is 1. The van der Waals surface area contributed by atoms with Crippen molar-refractivity contribution in [1.29, 1.82) is 0 Å². The number of thiophene rings is 1. The molecule has 0 spiro atoms. The fourth-order valence-corrected chi connectivity index (χ4v) is 2.26. The minimum Gasteiger partial charge on any atom is -0.467 e. The number of amides is 1. The van der Waals surface area contributed by atoms with E-state index in [9.17, 15) is 4.79 Å². The highest BCUT2D eigenvalue weighted by molar-refractivity contribution is 7.10. The molecule has 0 aliphatic rings. The van der Waals surface area contributed by atoms with Gasteiger partial charge in [0.25, 0.3) is 0 Å². The van der Waals surface area contributed by atoms with Gasteiger partial charge in [0.05, 0.1) is 12.8 Å². The molecule has 1 atom stereocenters. The van der Waals surface area contributed by atoms with E-state index in [0.717, 1.165) is 10.6 Å². The predicted octanol–water partition coefficient (Wildman–Crippen LogP) is 2.00. The summed E-state index contributed by atoms with van der Waals surface area (Å²) in [6, 6.07) is 6.80. The summed E-state index contributed by atoms with van der Waals surface area (Å²) in [5.74, 6) is 0.642. The van der Waals surface area contributed by atoms with Crippen LogP contribution in [-0.4, -0.2) is 17.9 Å². The summed E-state index contributed by atoms with van der Waals surface area (Å²) in [7, 11) is 1.72. The van der Waals surface area contributed by atoms with Crippen LogP contribution in [0.3, 0.4) is 0 Å². The maximum atomic E-state index is 12.0. The zero-order chi connectivity index (χ0) is 12.3. The smallest absolute Gasteiger partial charge is 0.245 e. The highest BCUT2D eigenvalue weighted by Gasteiger charge is 2.21. The molecule has 0 aliphatic carbocycles. The molecule has 4 nitrogen and oxygen atoms in total. The molecule has 2 aromatic rings. The van der Waals surface area contributed by atoms with E-state index in [2.05, 4.69) is 0 Å². The average molecular weight is 250 g/mol. The Morgan fingerprint density at radius 3 is 2.94 bits per heavy atom. The summed E-state index contributed by atoms with van der Waals surface area (Å²) in [4.78, 5) is 14.5. The summed E-state index contributed by atoms with van der Waals surface area (Å²) in [5.41, 5.74) is 5.90. The molecule has 90 valence electrons. The van der Waals surface area contributed by atoms with Gasteiger partial charge in [-0.1, -0.05) is 6.07 Å². The Morgan fingerprint density at radius 2 is 2.35 bits per heavy atom. The molecule has 2 N–H and O–H groups in total. The number of hydrogen-bond acceptors (Lipinski definition) is 4. The Labute approximate surface area is 104 Å².